The second-order valence-electron chi connectivity index (χ2n) is 2.70. The van der Waals surface area contributed by atoms with Gasteiger partial charge in [-0.1, -0.05) is 30.3 Å². The molecule has 2 aromatic rings. The van der Waals surface area contributed by atoms with Gasteiger partial charge in [-0.2, -0.15) is 5.10 Å². The van der Waals surface area contributed by atoms with Crippen molar-refractivity contribution in [2.24, 2.45) is 0 Å². The number of rotatable bonds is 1. The van der Waals surface area contributed by atoms with Gasteiger partial charge in [-0.15, -0.1) is 0 Å². The molecule has 1 aromatic heterocycles. The van der Waals surface area contributed by atoms with Gasteiger partial charge in [-0.05, 0) is 15.9 Å². The first-order chi connectivity index (χ1) is 6.83. The number of hydrogen-bond acceptors (Lipinski definition) is 2. The van der Waals surface area contributed by atoms with Crippen LogP contribution in [-0.4, -0.2) is 10.2 Å². The molecular formula is C9H6BrClN4. The molecule has 0 aliphatic heterocycles. The minimum absolute atomic E-state index is 0. The molecule has 0 saturated heterocycles. The Kier molecular flexibility index (Phi) is 3.83. The Morgan fingerprint density at radius 2 is 1.93 bits per heavy atom. The molecule has 0 amide bonds. The fourth-order valence-corrected chi connectivity index (χ4v) is 1.67. The van der Waals surface area contributed by atoms with Crippen molar-refractivity contribution in [2.75, 3.05) is 0 Å². The number of aromatic amines is 1. The zero-order valence-electron chi connectivity index (χ0n) is 7.48. The maximum absolute atomic E-state index is 8.59. The molecule has 1 heterocycles. The molecule has 0 bridgehead atoms. The van der Waals surface area contributed by atoms with Crippen molar-refractivity contribution in [3.63, 3.8) is 0 Å². The van der Waals surface area contributed by atoms with Crippen LogP contribution in [0.4, 0.5) is 5.82 Å². The van der Waals surface area contributed by atoms with Crippen molar-refractivity contribution in [1.82, 2.24) is 10.2 Å². The zero-order chi connectivity index (χ0) is 9.97. The predicted octanol–water partition coefficient (Wildman–Crippen LogP) is 0.328. The molecule has 2 rings (SSSR count). The summed E-state index contributed by atoms with van der Waals surface area (Å²) < 4.78 is 0.659. The number of H-pyrrole nitrogens is 1. The summed E-state index contributed by atoms with van der Waals surface area (Å²) in [5.41, 5.74) is 1.79. The molecular weight excluding hydrogens is 279 g/mol. The quantitative estimate of drug-likeness (QED) is 0.768. The van der Waals surface area contributed by atoms with Crippen LogP contribution < -0.4 is 12.4 Å². The van der Waals surface area contributed by atoms with Crippen molar-refractivity contribution in [3.8, 4) is 11.3 Å². The maximum atomic E-state index is 8.59. The number of nitrogens with zero attached hydrogens (tertiary/aromatic N) is 3. The van der Waals surface area contributed by atoms with E-state index < -0.39 is 0 Å². The second kappa shape index (κ2) is 4.91. The van der Waals surface area contributed by atoms with Crippen molar-refractivity contribution in [1.29, 1.82) is 5.39 Å². The van der Waals surface area contributed by atoms with Crippen LogP contribution in [0.25, 0.3) is 16.2 Å². The number of diazo groups is 1. The molecule has 0 radical (unpaired) electrons. The molecule has 76 valence electrons. The highest BCUT2D eigenvalue weighted by molar-refractivity contribution is 9.10. The highest BCUT2D eigenvalue weighted by Crippen LogP contribution is 2.32. The average Bonchev–Trinajstić information content (AvgIpc) is 2.61. The van der Waals surface area contributed by atoms with E-state index in [1.807, 2.05) is 30.3 Å². The van der Waals surface area contributed by atoms with E-state index in [9.17, 15) is 0 Å². The average molecular weight is 286 g/mol. The third-order valence-corrected chi connectivity index (χ3v) is 2.60. The smallest absolute Gasteiger partial charge is 0.502 e. The van der Waals surface area contributed by atoms with E-state index >= 15 is 0 Å². The second-order valence-corrected chi connectivity index (χ2v) is 3.50. The lowest BCUT2D eigenvalue weighted by atomic mass is 10.2. The van der Waals surface area contributed by atoms with Crippen molar-refractivity contribution in [2.45, 2.75) is 0 Å². The number of halogens is 2. The van der Waals surface area contributed by atoms with Gasteiger partial charge in [-0.25, -0.2) is 0 Å². The van der Waals surface area contributed by atoms with E-state index in [-0.39, 0.29) is 18.2 Å². The summed E-state index contributed by atoms with van der Waals surface area (Å²) in [5.74, 6) is 0.254. The molecule has 0 saturated carbocycles. The Bertz CT molecular complexity index is 489. The first-order valence-electron chi connectivity index (χ1n) is 3.97. The minimum Gasteiger partial charge on any atom is -1.00 e. The van der Waals surface area contributed by atoms with Crippen LogP contribution in [0.1, 0.15) is 0 Å². The van der Waals surface area contributed by atoms with Gasteiger partial charge in [0.15, 0.2) is 4.47 Å². The van der Waals surface area contributed by atoms with E-state index in [4.69, 9.17) is 5.39 Å². The summed E-state index contributed by atoms with van der Waals surface area (Å²) in [5, 5.41) is 15.2. The fraction of sp³-hybridized carbons (Fsp3) is 0. The van der Waals surface area contributed by atoms with Crippen LogP contribution in [0.2, 0.25) is 0 Å². The summed E-state index contributed by atoms with van der Waals surface area (Å²) in [6, 6.07) is 9.68. The normalized spacial score (nSPS) is 9.07. The van der Waals surface area contributed by atoms with Gasteiger partial charge < -0.3 is 12.4 Å². The molecule has 15 heavy (non-hydrogen) atoms. The van der Waals surface area contributed by atoms with Crippen LogP contribution in [0.5, 0.6) is 0 Å². The lowest BCUT2D eigenvalue weighted by molar-refractivity contribution is -0.00000299. The zero-order valence-corrected chi connectivity index (χ0v) is 9.83. The highest BCUT2D eigenvalue weighted by atomic mass is 79.9. The molecule has 0 aliphatic rings. The number of aromatic nitrogens is 2. The largest absolute Gasteiger partial charge is 1.00 e. The molecule has 0 fully saturated rings. The maximum Gasteiger partial charge on any atom is 0.502 e. The highest BCUT2D eigenvalue weighted by Gasteiger charge is 2.21. The van der Waals surface area contributed by atoms with Gasteiger partial charge in [-0.3, -0.25) is 0 Å². The van der Waals surface area contributed by atoms with Crippen molar-refractivity contribution in [3.05, 3.63) is 39.8 Å². The molecule has 1 aromatic carbocycles. The summed E-state index contributed by atoms with van der Waals surface area (Å²) in [4.78, 5) is 3.03. The molecule has 0 atom stereocenters. The molecule has 1 N–H and O–H groups in total. The topological polar surface area (TPSA) is 56.8 Å². The Morgan fingerprint density at radius 1 is 1.27 bits per heavy atom. The van der Waals surface area contributed by atoms with Gasteiger partial charge in [0.2, 0.25) is 0 Å². The lowest BCUT2D eigenvalue weighted by Crippen LogP contribution is -3.00. The molecule has 6 heteroatoms. The van der Waals surface area contributed by atoms with E-state index in [1.54, 1.807) is 0 Å². The van der Waals surface area contributed by atoms with Crippen molar-refractivity contribution < 1.29 is 12.4 Å². The van der Waals surface area contributed by atoms with E-state index in [0.717, 1.165) is 11.3 Å². The van der Waals surface area contributed by atoms with Crippen LogP contribution >= 0.6 is 15.9 Å². The SMILES string of the molecule is N#[N+]c1n[nH]c(-c2ccccc2)c1Br.[Cl-]. The van der Waals surface area contributed by atoms with E-state index in [2.05, 4.69) is 31.1 Å². The van der Waals surface area contributed by atoms with Gasteiger partial charge in [0.05, 0.1) is 10.5 Å². The Hall–Kier alpha value is -1.38. The monoisotopic (exact) mass is 284 g/mol. The standard InChI is InChI=1S/C9H6BrN4.ClH/c10-7-8(13-14-9(7)12-11)6-4-2-1-3-5-6;/h1-5H,(H,13,14);1H/q+1;/p-1. The lowest BCUT2D eigenvalue weighted by Gasteiger charge is -1.93. The molecule has 0 unspecified atom stereocenters. The predicted molar refractivity (Wildman–Crippen MR) is 56.5 cm³/mol. The fourth-order valence-electron chi connectivity index (χ4n) is 1.18. The number of hydrogen-bond donors (Lipinski definition) is 1. The van der Waals surface area contributed by atoms with E-state index in [1.165, 1.54) is 0 Å². The number of benzene rings is 1. The van der Waals surface area contributed by atoms with Crippen LogP contribution in [0.3, 0.4) is 0 Å². The number of nitrogens with one attached hydrogen (secondary N) is 1. The van der Waals surface area contributed by atoms with Crippen LogP contribution in [0.15, 0.2) is 34.8 Å². The third-order valence-electron chi connectivity index (χ3n) is 1.85. The first-order valence-corrected chi connectivity index (χ1v) is 4.76. The van der Waals surface area contributed by atoms with Crippen LogP contribution in [-0.2, 0) is 0 Å². The summed E-state index contributed by atoms with van der Waals surface area (Å²) in [6.45, 7) is 0. The Balaban J connectivity index is 0.00000112. The summed E-state index contributed by atoms with van der Waals surface area (Å²) in [6.07, 6.45) is 0. The van der Waals surface area contributed by atoms with Crippen molar-refractivity contribution >= 4 is 21.7 Å². The minimum atomic E-state index is 0. The Morgan fingerprint density at radius 3 is 2.47 bits per heavy atom. The molecule has 0 aliphatic carbocycles. The molecule has 0 spiro atoms. The van der Waals surface area contributed by atoms with Gasteiger partial charge >= 0.3 is 5.82 Å². The van der Waals surface area contributed by atoms with Crippen LogP contribution in [0, 0.1) is 5.39 Å². The van der Waals surface area contributed by atoms with Gasteiger partial charge in [0, 0.05) is 10.5 Å². The summed E-state index contributed by atoms with van der Waals surface area (Å²) in [7, 11) is 0. The third kappa shape index (κ3) is 2.17. The first kappa shape index (κ1) is 11.7. The summed E-state index contributed by atoms with van der Waals surface area (Å²) >= 11 is 3.30. The Labute approximate surface area is 101 Å². The van der Waals surface area contributed by atoms with Gasteiger partial charge in [0.1, 0.15) is 5.69 Å². The van der Waals surface area contributed by atoms with Gasteiger partial charge in [0.25, 0.3) is 0 Å². The molecule has 4 nitrogen and oxygen atoms in total. The van der Waals surface area contributed by atoms with E-state index in [0.29, 0.717) is 4.47 Å².